The van der Waals surface area contributed by atoms with Crippen molar-refractivity contribution in [2.24, 2.45) is 0 Å². The maximum absolute atomic E-state index is 5.23. The molecule has 0 radical (unpaired) electrons. The zero-order chi connectivity index (χ0) is 27.1. The molecule has 198 valence electrons. The molecular formula is C32H40N6. The van der Waals surface area contributed by atoms with E-state index in [1.807, 2.05) is 0 Å². The van der Waals surface area contributed by atoms with Crippen LogP contribution in [0.25, 0.3) is 44.6 Å². The maximum Gasteiger partial charge on any atom is 0.158 e. The summed E-state index contributed by atoms with van der Waals surface area (Å²) in [7, 11) is 0. The van der Waals surface area contributed by atoms with Gasteiger partial charge in [-0.2, -0.15) is 0 Å². The first-order chi connectivity index (χ1) is 18.4. The number of nitrogens with zero attached hydrogens (tertiary/aromatic N) is 4. The van der Waals surface area contributed by atoms with E-state index in [1.165, 1.54) is 44.5 Å². The Balaban J connectivity index is 2.02. The first-order valence-corrected chi connectivity index (χ1v) is 14.3. The zero-order valence-electron chi connectivity index (χ0n) is 24.2. The highest BCUT2D eigenvalue weighted by atomic mass is 15.0. The lowest BCUT2D eigenvalue weighted by atomic mass is 10.0. The number of aromatic nitrogens is 6. The van der Waals surface area contributed by atoms with Crippen LogP contribution in [-0.2, 0) is 25.7 Å². The second kappa shape index (κ2) is 10.3. The summed E-state index contributed by atoms with van der Waals surface area (Å²) in [6.07, 6.45) is 5.46. The first-order valence-electron chi connectivity index (χ1n) is 14.3. The molecule has 3 aromatic heterocycles. The maximum atomic E-state index is 5.23. The quantitative estimate of drug-likeness (QED) is 0.353. The average molecular weight is 509 g/mol. The van der Waals surface area contributed by atoms with Crippen molar-refractivity contribution < 1.29 is 0 Å². The van der Waals surface area contributed by atoms with E-state index in [9.17, 15) is 0 Å². The number of nitrogens with one attached hydrogen (secondary N) is 2. The van der Waals surface area contributed by atoms with Crippen molar-refractivity contribution in [3.63, 3.8) is 0 Å². The molecule has 5 rings (SSSR count). The van der Waals surface area contributed by atoms with Crippen molar-refractivity contribution in [2.45, 2.75) is 93.9 Å². The summed E-state index contributed by atoms with van der Waals surface area (Å²) in [5.41, 5.74) is 15.9. The van der Waals surface area contributed by atoms with Crippen LogP contribution in [0.3, 0.4) is 0 Å². The topological polar surface area (TPSA) is 83.1 Å². The Hall–Kier alpha value is -3.54. The van der Waals surface area contributed by atoms with Crippen molar-refractivity contribution in [3.05, 3.63) is 57.4 Å². The summed E-state index contributed by atoms with van der Waals surface area (Å²) < 4.78 is 0. The summed E-state index contributed by atoms with van der Waals surface area (Å²) in [4.78, 5) is 27.8. The third kappa shape index (κ3) is 4.11. The molecule has 6 nitrogen and oxygen atoms in total. The van der Waals surface area contributed by atoms with Crippen molar-refractivity contribution in [1.29, 1.82) is 0 Å². The van der Waals surface area contributed by atoms with Gasteiger partial charge in [0, 0.05) is 22.2 Å². The molecule has 0 unspecified atom stereocenters. The molecule has 2 N–H and O–H groups in total. The van der Waals surface area contributed by atoms with E-state index < -0.39 is 0 Å². The van der Waals surface area contributed by atoms with Crippen LogP contribution in [0, 0.1) is 0 Å². The molecule has 2 aliphatic heterocycles. The van der Waals surface area contributed by atoms with Crippen LogP contribution in [-0.4, -0.2) is 29.9 Å². The van der Waals surface area contributed by atoms with Crippen LogP contribution in [0.1, 0.15) is 114 Å². The number of hydrogen-bond acceptors (Lipinski definition) is 4. The highest BCUT2D eigenvalue weighted by Gasteiger charge is 2.22. The van der Waals surface area contributed by atoms with E-state index in [1.54, 1.807) is 0 Å². The van der Waals surface area contributed by atoms with Gasteiger partial charge in [-0.25, -0.2) is 19.9 Å². The van der Waals surface area contributed by atoms with E-state index in [4.69, 9.17) is 19.9 Å². The molecule has 0 spiro atoms. The van der Waals surface area contributed by atoms with E-state index in [0.717, 1.165) is 83.9 Å². The fourth-order valence-electron chi connectivity index (χ4n) is 6.15. The second-order valence-electron chi connectivity index (χ2n) is 10.2. The lowest BCUT2D eigenvalue weighted by Gasteiger charge is -2.01. The van der Waals surface area contributed by atoms with Crippen LogP contribution in [0.15, 0.2) is 12.1 Å². The Morgan fingerprint density at radius 1 is 0.500 bits per heavy atom. The predicted octanol–water partition coefficient (Wildman–Crippen LogP) is 8.04. The number of fused-ring (bicyclic) bond motifs is 8. The van der Waals surface area contributed by atoms with Gasteiger partial charge >= 0.3 is 0 Å². The second-order valence-corrected chi connectivity index (χ2v) is 10.2. The van der Waals surface area contributed by atoms with Crippen LogP contribution in [0.2, 0.25) is 0 Å². The summed E-state index contributed by atoms with van der Waals surface area (Å²) in [6.45, 7) is 17.5. The highest BCUT2D eigenvalue weighted by Crippen LogP contribution is 2.35. The summed E-state index contributed by atoms with van der Waals surface area (Å²) >= 11 is 0. The van der Waals surface area contributed by atoms with Gasteiger partial charge in [-0.15, -0.1) is 0 Å². The lowest BCUT2D eigenvalue weighted by Crippen LogP contribution is -1.92. The fourth-order valence-corrected chi connectivity index (χ4v) is 6.15. The highest BCUT2D eigenvalue weighted by molar-refractivity contribution is 5.93. The average Bonchev–Trinajstić information content (AvgIpc) is 3.60. The molecule has 0 saturated carbocycles. The van der Waals surface area contributed by atoms with E-state index in [-0.39, 0.29) is 0 Å². The Bertz CT molecular complexity index is 1530. The van der Waals surface area contributed by atoms with Gasteiger partial charge in [0.05, 0.1) is 11.4 Å². The van der Waals surface area contributed by atoms with Gasteiger partial charge in [-0.3, -0.25) is 0 Å². The normalized spacial score (nSPS) is 13.7. The number of allylic oxidation sites excluding steroid dienone is 4. The van der Waals surface area contributed by atoms with Crippen LogP contribution in [0.5, 0.6) is 0 Å². The number of aromatic amines is 2. The third-order valence-electron chi connectivity index (χ3n) is 8.24. The molecule has 38 heavy (non-hydrogen) atoms. The van der Waals surface area contributed by atoms with E-state index >= 15 is 0 Å². The number of rotatable bonds is 6. The molecular weight excluding hydrogens is 468 g/mol. The van der Waals surface area contributed by atoms with E-state index in [0.29, 0.717) is 0 Å². The Labute approximate surface area is 225 Å². The molecule has 2 aliphatic rings. The van der Waals surface area contributed by atoms with Crippen LogP contribution >= 0.6 is 0 Å². The number of hydrogen-bond donors (Lipinski definition) is 2. The third-order valence-corrected chi connectivity index (χ3v) is 8.24. The largest absolute Gasteiger partial charge is 0.340 e. The molecule has 0 saturated heterocycles. The molecule has 5 heterocycles. The standard InChI is InChI=1S/C32H40N6/c1-9-19-17(7)25-15-27-21(11-3)23(13-5)31(35-27)38-32-24(14-6)22(12-4)28(36-32)16-26-18(8)20(10-2)30(34-26)37-29(19)33-25/h15-16H,9-14H2,1-8H3,(H2,35,36,38). The van der Waals surface area contributed by atoms with Crippen molar-refractivity contribution in [3.8, 4) is 0 Å². The van der Waals surface area contributed by atoms with Crippen molar-refractivity contribution in [1.82, 2.24) is 29.9 Å². The molecule has 0 atom stereocenters. The Morgan fingerprint density at radius 2 is 0.895 bits per heavy atom. The Kier molecular flexibility index (Phi) is 7.08. The van der Waals surface area contributed by atoms with Gasteiger partial charge in [0.25, 0.3) is 0 Å². The smallest absolute Gasteiger partial charge is 0.158 e. The van der Waals surface area contributed by atoms with Gasteiger partial charge in [0.2, 0.25) is 0 Å². The predicted molar refractivity (Wildman–Crippen MR) is 160 cm³/mol. The summed E-state index contributed by atoms with van der Waals surface area (Å²) in [5, 5.41) is 0. The van der Waals surface area contributed by atoms with Crippen LogP contribution in [0.4, 0.5) is 0 Å². The number of H-pyrrole nitrogens is 2. The Morgan fingerprint density at radius 3 is 1.24 bits per heavy atom. The molecule has 0 aliphatic carbocycles. The summed E-state index contributed by atoms with van der Waals surface area (Å²) in [6, 6.07) is 4.39. The number of aryl methyl sites for hydroxylation is 4. The van der Waals surface area contributed by atoms with Gasteiger partial charge in [0.1, 0.15) is 11.3 Å². The zero-order valence-corrected chi connectivity index (χ0v) is 24.2. The minimum Gasteiger partial charge on any atom is -0.340 e. The molecule has 0 fully saturated rings. The minimum atomic E-state index is 0.789. The monoisotopic (exact) mass is 508 g/mol. The van der Waals surface area contributed by atoms with E-state index in [2.05, 4.69) is 77.5 Å². The molecule has 3 aromatic rings. The molecule has 6 heteroatoms. The van der Waals surface area contributed by atoms with Gasteiger partial charge < -0.3 is 9.97 Å². The SMILES string of the molecule is CCC1=C(C)c2cc3[nH]c(nc4[nH]c(cc5nc(nc1n2)C(CC)=C5C)c(CC)c4CC)c(CC)c3CC. The molecule has 8 bridgehead atoms. The van der Waals surface area contributed by atoms with Crippen molar-refractivity contribution in [2.75, 3.05) is 0 Å². The van der Waals surface area contributed by atoms with Crippen LogP contribution < -0.4 is 0 Å². The first kappa shape index (κ1) is 26.1. The van der Waals surface area contributed by atoms with Gasteiger partial charge in [-0.05, 0) is 97.9 Å². The minimum absolute atomic E-state index is 0.789. The fraction of sp³-hybridized carbons (Fsp3) is 0.438. The van der Waals surface area contributed by atoms with Gasteiger partial charge in [-0.1, -0.05) is 41.5 Å². The molecule has 0 aromatic carbocycles. The molecule has 0 amide bonds. The van der Waals surface area contributed by atoms with Gasteiger partial charge in [0.15, 0.2) is 11.6 Å². The summed E-state index contributed by atoms with van der Waals surface area (Å²) in [5.74, 6) is 1.58. The lowest BCUT2D eigenvalue weighted by molar-refractivity contribution is 1.05. The van der Waals surface area contributed by atoms with Crippen molar-refractivity contribution >= 4 is 44.6 Å².